The zero-order valence-electron chi connectivity index (χ0n) is 19.2. The molecule has 0 aromatic heterocycles. The topological polar surface area (TPSA) is 112 Å². The van der Waals surface area contributed by atoms with Crippen molar-refractivity contribution in [3.05, 3.63) is 60.2 Å². The first-order chi connectivity index (χ1) is 16.5. The van der Waals surface area contributed by atoms with Gasteiger partial charge in [0.1, 0.15) is 5.75 Å². The highest BCUT2D eigenvalue weighted by Crippen LogP contribution is 2.19. The van der Waals surface area contributed by atoms with Gasteiger partial charge in [0.05, 0.1) is 12.5 Å². The highest BCUT2D eigenvalue weighted by atomic mass is 16.5. The van der Waals surface area contributed by atoms with Gasteiger partial charge in [-0.25, -0.2) is 0 Å². The summed E-state index contributed by atoms with van der Waals surface area (Å²) in [5.74, 6) is 0.141. The van der Waals surface area contributed by atoms with Gasteiger partial charge in [0.25, 0.3) is 5.91 Å². The Labute approximate surface area is 199 Å². The normalized spacial score (nSPS) is 12.3. The minimum atomic E-state index is -0.191. The van der Waals surface area contributed by atoms with Crippen molar-refractivity contribution in [2.75, 3.05) is 24.6 Å². The number of para-hydroxylation sites is 1. The van der Waals surface area contributed by atoms with Gasteiger partial charge >= 0.3 is 0 Å². The Bertz CT molecular complexity index is 998. The first-order valence-corrected chi connectivity index (χ1v) is 11.6. The molecule has 8 nitrogen and oxygen atoms in total. The fourth-order valence-electron chi connectivity index (χ4n) is 3.36. The lowest BCUT2D eigenvalue weighted by atomic mass is 10.1. The maximum atomic E-state index is 12.6. The summed E-state index contributed by atoms with van der Waals surface area (Å²) >= 11 is 0. The summed E-state index contributed by atoms with van der Waals surface area (Å²) in [6.45, 7) is 0.753. The van der Waals surface area contributed by atoms with E-state index in [0.29, 0.717) is 31.3 Å². The van der Waals surface area contributed by atoms with Gasteiger partial charge in [-0.1, -0.05) is 30.3 Å². The van der Waals surface area contributed by atoms with Crippen molar-refractivity contribution in [2.45, 2.75) is 44.6 Å². The molecule has 2 N–H and O–H groups in total. The first kappa shape index (κ1) is 24.8. The van der Waals surface area contributed by atoms with Crippen LogP contribution in [0.1, 0.15) is 37.7 Å². The number of rotatable bonds is 13. The fourth-order valence-corrected chi connectivity index (χ4v) is 3.36. The number of carbonyl (C=O) groups excluding carboxylic acids is 3. The molecule has 1 aliphatic carbocycles. The average Bonchev–Trinajstić information content (AvgIpc) is 3.67. The lowest BCUT2D eigenvalue weighted by molar-refractivity contribution is -0.125. The summed E-state index contributed by atoms with van der Waals surface area (Å²) in [7, 11) is 0. The van der Waals surface area contributed by atoms with Crippen LogP contribution >= 0.6 is 0 Å². The van der Waals surface area contributed by atoms with Gasteiger partial charge < -0.3 is 20.3 Å². The molecule has 1 saturated carbocycles. The number of carbonyl (C=O) groups is 3. The Morgan fingerprint density at radius 1 is 1.00 bits per heavy atom. The molecule has 34 heavy (non-hydrogen) atoms. The average molecular weight is 463 g/mol. The van der Waals surface area contributed by atoms with E-state index >= 15 is 0 Å². The third-order valence-corrected chi connectivity index (χ3v) is 5.35. The number of nitrogens with zero attached hydrogens (tertiary/aromatic N) is 2. The molecule has 8 heteroatoms. The molecule has 0 unspecified atom stereocenters. The largest absolute Gasteiger partial charge is 0.484 e. The lowest BCUT2D eigenvalue weighted by Crippen LogP contribution is -2.33. The summed E-state index contributed by atoms with van der Waals surface area (Å²) in [6.07, 6.45) is 3.12. The lowest BCUT2D eigenvalue weighted by Gasteiger charge is -2.21. The molecule has 1 aliphatic rings. The van der Waals surface area contributed by atoms with Gasteiger partial charge in [-0.15, -0.1) is 0 Å². The Morgan fingerprint density at radius 3 is 2.41 bits per heavy atom. The summed E-state index contributed by atoms with van der Waals surface area (Å²) in [4.78, 5) is 38.1. The van der Waals surface area contributed by atoms with Crippen LogP contribution in [0.5, 0.6) is 5.75 Å². The zero-order valence-corrected chi connectivity index (χ0v) is 19.2. The number of benzene rings is 2. The van der Waals surface area contributed by atoms with Gasteiger partial charge in [-0.05, 0) is 49.1 Å². The summed E-state index contributed by atoms with van der Waals surface area (Å²) in [5.41, 5.74) is 1.75. The third-order valence-electron chi connectivity index (χ3n) is 5.35. The van der Waals surface area contributed by atoms with Crippen molar-refractivity contribution >= 4 is 23.4 Å². The maximum absolute atomic E-state index is 12.6. The van der Waals surface area contributed by atoms with E-state index in [0.717, 1.165) is 24.1 Å². The SMILES string of the molecule is N#CCCN(C(=O)CCC(=O)NCCc1ccc(OCC(=O)NC2CC2)cc1)c1ccccc1. The van der Waals surface area contributed by atoms with E-state index in [2.05, 4.69) is 16.7 Å². The van der Waals surface area contributed by atoms with Crippen LogP contribution in [0.2, 0.25) is 0 Å². The van der Waals surface area contributed by atoms with Gasteiger partial charge in [0.2, 0.25) is 11.8 Å². The highest BCUT2D eigenvalue weighted by Gasteiger charge is 2.23. The van der Waals surface area contributed by atoms with Crippen LogP contribution in [-0.4, -0.2) is 43.5 Å². The molecule has 0 radical (unpaired) electrons. The van der Waals surface area contributed by atoms with E-state index in [1.165, 1.54) is 0 Å². The molecule has 2 aromatic rings. The minimum Gasteiger partial charge on any atom is -0.484 e. The number of hydrogen-bond donors (Lipinski definition) is 2. The van der Waals surface area contributed by atoms with E-state index in [1.54, 1.807) is 17.0 Å². The molecule has 3 rings (SSSR count). The van der Waals surface area contributed by atoms with Crippen LogP contribution in [0.25, 0.3) is 0 Å². The Morgan fingerprint density at radius 2 is 1.74 bits per heavy atom. The monoisotopic (exact) mass is 462 g/mol. The zero-order chi connectivity index (χ0) is 24.2. The van der Waals surface area contributed by atoms with Gasteiger partial charge in [0.15, 0.2) is 6.61 Å². The Kier molecular flexibility index (Phi) is 9.47. The van der Waals surface area contributed by atoms with E-state index in [-0.39, 0.29) is 43.6 Å². The Balaban J connectivity index is 1.35. The number of amides is 3. The second-order valence-electron chi connectivity index (χ2n) is 8.16. The van der Waals surface area contributed by atoms with E-state index in [9.17, 15) is 14.4 Å². The summed E-state index contributed by atoms with van der Waals surface area (Å²) in [6, 6.07) is 18.9. The van der Waals surface area contributed by atoms with Crippen molar-refractivity contribution in [1.82, 2.24) is 10.6 Å². The highest BCUT2D eigenvalue weighted by molar-refractivity contribution is 5.95. The van der Waals surface area contributed by atoms with Crippen molar-refractivity contribution < 1.29 is 19.1 Å². The molecule has 0 heterocycles. The van der Waals surface area contributed by atoms with E-state index < -0.39 is 0 Å². The molecule has 1 fully saturated rings. The summed E-state index contributed by atoms with van der Waals surface area (Å²) in [5, 5.41) is 14.6. The van der Waals surface area contributed by atoms with Crippen LogP contribution in [-0.2, 0) is 20.8 Å². The van der Waals surface area contributed by atoms with Gasteiger partial charge in [-0.2, -0.15) is 5.26 Å². The number of anilines is 1. The standard InChI is InChI=1S/C26H30N4O4/c27-16-4-18-30(22-5-2-1-3-6-22)26(33)14-13-24(31)28-17-15-20-7-11-23(12-8-20)34-19-25(32)29-21-9-10-21/h1-3,5-8,11-12,21H,4,9-10,13-15,17-19H2,(H,28,31)(H,29,32). The molecule has 0 saturated heterocycles. The number of nitrogens with one attached hydrogen (secondary N) is 2. The molecule has 0 aliphatic heterocycles. The van der Waals surface area contributed by atoms with Crippen molar-refractivity contribution in [2.24, 2.45) is 0 Å². The molecule has 178 valence electrons. The smallest absolute Gasteiger partial charge is 0.258 e. The first-order valence-electron chi connectivity index (χ1n) is 11.6. The number of ether oxygens (including phenoxy) is 1. The van der Waals surface area contributed by atoms with Crippen molar-refractivity contribution in [3.63, 3.8) is 0 Å². The number of hydrogen-bond acceptors (Lipinski definition) is 5. The van der Waals surface area contributed by atoms with Gasteiger partial charge in [0, 0.05) is 37.7 Å². The fraction of sp³-hybridized carbons (Fsp3) is 0.385. The predicted molar refractivity (Wildman–Crippen MR) is 128 cm³/mol. The molecule has 0 atom stereocenters. The van der Waals surface area contributed by atoms with Crippen molar-refractivity contribution in [3.8, 4) is 11.8 Å². The maximum Gasteiger partial charge on any atom is 0.258 e. The molecular formula is C26H30N4O4. The van der Waals surface area contributed by atoms with Crippen LogP contribution in [0.4, 0.5) is 5.69 Å². The van der Waals surface area contributed by atoms with Gasteiger partial charge in [-0.3, -0.25) is 14.4 Å². The van der Waals surface area contributed by atoms with Crippen LogP contribution in [0, 0.1) is 11.3 Å². The third kappa shape index (κ3) is 8.58. The van der Waals surface area contributed by atoms with Crippen LogP contribution in [0.15, 0.2) is 54.6 Å². The predicted octanol–water partition coefficient (Wildman–Crippen LogP) is 2.73. The van der Waals surface area contributed by atoms with Crippen LogP contribution < -0.4 is 20.3 Å². The van der Waals surface area contributed by atoms with Crippen molar-refractivity contribution in [1.29, 1.82) is 5.26 Å². The molecule has 3 amide bonds. The Hall–Kier alpha value is -3.86. The molecular weight excluding hydrogens is 432 g/mol. The van der Waals surface area contributed by atoms with E-state index in [4.69, 9.17) is 10.00 Å². The molecule has 2 aromatic carbocycles. The molecule has 0 spiro atoms. The quantitative estimate of drug-likeness (QED) is 0.475. The molecule has 0 bridgehead atoms. The second kappa shape index (κ2) is 13.0. The van der Waals surface area contributed by atoms with Crippen LogP contribution in [0.3, 0.4) is 0 Å². The number of nitriles is 1. The minimum absolute atomic E-state index is 0.00281. The second-order valence-corrected chi connectivity index (χ2v) is 8.16. The van der Waals surface area contributed by atoms with E-state index in [1.807, 2.05) is 42.5 Å². The summed E-state index contributed by atoms with van der Waals surface area (Å²) < 4.78 is 5.49.